The van der Waals surface area contributed by atoms with Crippen molar-refractivity contribution in [3.05, 3.63) is 29.8 Å². The number of carboxylic acid groups (broad SMARTS) is 1. The molecule has 0 bridgehead atoms. The smallest absolute Gasteiger partial charge is 0.326 e. The minimum Gasteiger partial charge on any atom is -0.480 e. The van der Waals surface area contributed by atoms with E-state index in [1.165, 1.54) is 4.90 Å². The second kappa shape index (κ2) is 7.79. The first-order valence-electron chi connectivity index (χ1n) is 6.28. The molecule has 1 unspecified atom stereocenters. The summed E-state index contributed by atoms with van der Waals surface area (Å²) in [6, 6.07) is 6.21. The lowest BCUT2D eigenvalue weighted by atomic mass is 10.2. The van der Waals surface area contributed by atoms with Crippen molar-refractivity contribution in [2.75, 3.05) is 24.0 Å². The molecule has 0 saturated heterocycles. The zero-order valence-corrected chi connectivity index (χ0v) is 12.7. The van der Waals surface area contributed by atoms with Gasteiger partial charge in [0.1, 0.15) is 6.04 Å². The monoisotopic (exact) mass is 296 g/mol. The van der Waals surface area contributed by atoms with Crippen LogP contribution in [0.25, 0.3) is 0 Å². The lowest BCUT2D eigenvalue weighted by Gasteiger charge is -2.21. The van der Waals surface area contributed by atoms with Crippen LogP contribution in [0.5, 0.6) is 0 Å². The average Bonchev–Trinajstić information content (AvgIpc) is 2.42. The Morgan fingerprint density at radius 1 is 1.45 bits per heavy atom. The zero-order chi connectivity index (χ0) is 15.1. The Hall–Kier alpha value is -1.69. The highest BCUT2D eigenvalue weighted by atomic mass is 32.2. The van der Waals surface area contributed by atoms with Gasteiger partial charge in [0.2, 0.25) is 0 Å². The van der Waals surface area contributed by atoms with Gasteiger partial charge in [-0.15, -0.1) is 0 Å². The molecule has 6 heteroatoms. The fourth-order valence-electron chi connectivity index (χ4n) is 1.69. The summed E-state index contributed by atoms with van der Waals surface area (Å²) in [5.41, 5.74) is 1.77. The van der Waals surface area contributed by atoms with Crippen LogP contribution in [0.4, 0.5) is 10.5 Å². The van der Waals surface area contributed by atoms with Gasteiger partial charge < -0.3 is 10.4 Å². The lowest BCUT2D eigenvalue weighted by molar-refractivity contribution is -0.139. The molecule has 5 nitrogen and oxygen atoms in total. The van der Waals surface area contributed by atoms with Gasteiger partial charge in [-0.05, 0) is 43.0 Å². The largest absolute Gasteiger partial charge is 0.480 e. The Kier molecular flexibility index (Phi) is 6.38. The van der Waals surface area contributed by atoms with Gasteiger partial charge in [0.05, 0.1) is 0 Å². The number of carbonyl (C=O) groups excluding carboxylic acids is 1. The van der Waals surface area contributed by atoms with Gasteiger partial charge in [0, 0.05) is 12.7 Å². The maximum atomic E-state index is 12.1. The minimum absolute atomic E-state index is 0.407. The van der Waals surface area contributed by atoms with E-state index in [9.17, 15) is 9.59 Å². The normalized spacial score (nSPS) is 11.8. The predicted octanol–water partition coefficient (Wildman–Crippen LogP) is 2.35. The molecule has 0 saturated carbocycles. The van der Waals surface area contributed by atoms with Gasteiger partial charge in [-0.3, -0.25) is 4.90 Å². The van der Waals surface area contributed by atoms with Gasteiger partial charge in [-0.1, -0.05) is 12.1 Å². The quantitative estimate of drug-likeness (QED) is 0.845. The number of anilines is 1. The number of nitrogens with one attached hydrogen (secondary N) is 1. The van der Waals surface area contributed by atoms with Gasteiger partial charge in [0.15, 0.2) is 0 Å². The second-order valence-corrected chi connectivity index (χ2v) is 5.51. The molecule has 2 amide bonds. The van der Waals surface area contributed by atoms with Crippen LogP contribution in [-0.2, 0) is 4.79 Å². The van der Waals surface area contributed by atoms with E-state index in [-0.39, 0.29) is 0 Å². The highest BCUT2D eigenvalue weighted by Gasteiger charge is 2.21. The molecule has 1 aromatic carbocycles. The first-order chi connectivity index (χ1) is 9.45. The molecule has 0 aliphatic heterocycles. The molecule has 1 rings (SSSR count). The van der Waals surface area contributed by atoms with Crippen molar-refractivity contribution in [2.24, 2.45) is 0 Å². The number of aliphatic carboxylic acids is 1. The molecule has 0 radical (unpaired) electrons. The maximum absolute atomic E-state index is 12.1. The summed E-state index contributed by atoms with van der Waals surface area (Å²) in [5.74, 6) is -0.323. The van der Waals surface area contributed by atoms with E-state index in [0.717, 1.165) is 11.3 Å². The number of aryl methyl sites for hydroxylation is 1. The molecule has 0 aromatic heterocycles. The summed E-state index contributed by atoms with van der Waals surface area (Å²) < 4.78 is 0. The third-order valence-electron chi connectivity index (χ3n) is 2.90. The Morgan fingerprint density at radius 3 is 2.70 bits per heavy atom. The average molecular weight is 296 g/mol. The topological polar surface area (TPSA) is 69.6 Å². The first-order valence-corrected chi connectivity index (χ1v) is 7.67. The van der Waals surface area contributed by atoms with Gasteiger partial charge in [-0.2, -0.15) is 11.8 Å². The number of rotatable bonds is 6. The molecule has 2 N–H and O–H groups in total. The number of hydrogen-bond acceptors (Lipinski definition) is 3. The molecule has 1 atom stereocenters. The fraction of sp³-hybridized carbons (Fsp3) is 0.429. The molecular weight excluding hydrogens is 276 g/mol. The van der Waals surface area contributed by atoms with Crippen LogP contribution in [0.3, 0.4) is 0 Å². The van der Waals surface area contributed by atoms with Crippen LogP contribution in [0.15, 0.2) is 24.3 Å². The number of carboxylic acids is 1. The predicted molar refractivity (Wildman–Crippen MR) is 82.5 cm³/mol. The van der Waals surface area contributed by atoms with Gasteiger partial charge >= 0.3 is 12.0 Å². The highest BCUT2D eigenvalue weighted by Crippen LogP contribution is 2.14. The second-order valence-electron chi connectivity index (χ2n) is 4.52. The summed E-state index contributed by atoms with van der Waals surface area (Å²) in [5, 5.41) is 11.6. The molecule has 20 heavy (non-hydrogen) atoms. The first kappa shape index (κ1) is 16.4. The number of benzene rings is 1. The van der Waals surface area contributed by atoms with Crippen LogP contribution in [0.1, 0.15) is 12.0 Å². The van der Waals surface area contributed by atoms with Crippen LogP contribution in [-0.4, -0.2) is 42.2 Å². The van der Waals surface area contributed by atoms with Crippen molar-refractivity contribution in [1.82, 2.24) is 5.32 Å². The molecule has 0 fully saturated rings. The SMILES string of the molecule is CSCCC(NC(=O)N(C)c1cccc(C)c1)C(=O)O. The summed E-state index contributed by atoms with van der Waals surface area (Å²) in [6.07, 6.45) is 2.31. The van der Waals surface area contributed by atoms with Crippen molar-refractivity contribution in [1.29, 1.82) is 0 Å². The van der Waals surface area contributed by atoms with Crippen molar-refractivity contribution in [3.8, 4) is 0 Å². The summed E-state index contributed by atoms with van der Waals surface area (Å²) >= 11 is 1.55. The number of thioether (sulfide) groups is 1. The van der Waals surface area contributed by atoms with E-state index < -0.39 is 18.0 Å². The van der Waals surface area contributed by atoms with Crippen LogP contribution in [0, 0.1) is 6.92 Å². The van der Waals surface area contributed by atoms with Crippen LogP contribution < -0.4 is 10.2 Å². The molecule has 110 valence electrons. The van der Waals surface area contributed by atoms with Crippen molar-refractivity contribution < 1.29 is 14.7 Å². The Balaban J connectivity index is 2.70. The van der Waals surface area contributed by atoms with E-state index in [1.807, 2.05) is 37.4 Å². The summed E-state index contributed by atoms with van der Waals surface area (Å²) in [4.78, 5) is 24.6. The van der Waals surface area contributed by atoms with E-state index in [1.54, 1.807) is 18.8 Å². The molecular formula is C14H20N2O3S. The Bertz CT molecular complexity index is 479. The molecule has 0 aliphatic carbocycles. The van der Waals surface area contributed by atoms with E-state index in [2.05, 4.69) is 5.32 Å². The minimum atomic E-state index is -1.01. The molecule has 0 heterocycles. The molecule has 1 aromatic rings. The Labute approximate surface area is 123 Å². The number of carbonyl (C=O) groups is 2. The van der Waals surface area contributed by atoms with Gasteiger partial charge in [0.25, 0.3) is 0 Å². The van der Waals surface area contributed by atoms with E-state index in [0.29, 0.717) is 12.2 Å². The fourth-order valence-corrected chi connectivity index (χ4v) is 2.16. The van der Waals surface area contributed by atoms with E-state index >= 15 is 0 Å². The number of hydrogen-bond donors (Lipinski definition) is 2. The lowest BCUT2D eigenvalue weighted by Crippen LogP contribution is -2.47. The third kappa shape index (κ3) is 4.77. The van der Waals surface area contributed by atoms with Crippen LogP contribution in [0.2, 0.25) is 0 Å². The Morgan fingerprint density at radius 2 is 2.15 bits per heavy atom. The van der Waals surface area contributed by atoms with Crippen molar-refractivity contribution >= 4 is 29.4 Å². The highest BCUT2D eigenvalue weighted by molar-refractivity contribution is 7.98. The van der Waals surface area contributed by atoms with Crippen molar-refractivity contribution in [3.63, 3.8) is 0 Å². The summed E-state index contributed by atoms with van der Waals surface area (Å²) in [6.45, 7) is 1.94. The summed E-state index contributed by atoms with van der Waals surface area (Å²) in [7, 11) is 1.62. The van der Waals surface area contributed by atoms with Gasteiger partial charge in [-0.25, -0.2) is 9.59 Å². The standard InChI is InChI=1S/C14H20N2O3S/c1-10-5-4-6-11(9-10)16(2)14(19)15-12(13(17)18)7-8-20-3/h4-6,9,12H,7-8H2,1-3H3,(H,15,19)(H,17,18). The number of urea groups is 1. The maximum Gasteiger partial charge on any atom is 0.326 e. The zero-order valence-electron chi connectivity index (χ0n) is 11.9. The molecule has 0 aliphatic rings. The third-order valence-corrected chi connectivity index (χ3v) is 3.54. The van der Waals surface area contributed by atoms with Crippen molar-refractivity contribution in [2.45, 2.75) is 19.4 Å². The number of amides is 2. The molecule has 0 spiro atoms. The number of nitrogens with zero attached hydrogens (tertiary/aromatic N) is 1. The van der Waals surface area contributed by atoms with Crippen LogP contribution >= 0.6 is 11.8 Å². The van der Waals surface area contributed by atoms with E-state index in [4.69, 9.17) is 5.11 Å².